The molecule has 0 saturated heterocycles. The van der Waals surface area contributed by atoms with Crippen molar-refractivity contribution >= 4 is 46.9 Å². The van der Waals surface area contributed by atoms with Crippen molar-refractivity contribution in [1.29, 1.82) is 5.26 Å². The second kappa shape index (κ2) is 10.4. The van der Waals surface area contributed by atoms with Crippen molar-refractivity contribution in [3.05, 3.63) is 63.4 Å². The van der Waals surface area contributed by atoms with Gasteiger partial charge in [-0.05, 0) is 24.3 Å². The quantitative estimate of drug-likeness (QED) is 0.262. The Kier molecular flexibility index (Phi) is 7.45. The largest absolute Gasteiger partial charge is 0.480 e. The van der Waals surface area contributed by atoms with Gasteiger partial charge in [0, 0.05) is 17.3 Å². The Labute approximate surface area is 197 Å². The maximum absolute atomic E-state index is 13.2. The zero-order valence-electron chi connectivity index (χ0n) is 16.9. The number of carbonyl (C=O) groups is 2. The molecule has 0 aliphatic heterocycles. The number of benzene rings is 1. The molecule has 13 heteroatoms. The van der Waals surface area contributed by atoms with Crippen molar-refractivity contribution in [2.45, 2.75) is 0 Å². The fourth-order valence-corrected chi connectivity index (χ4v) is 3.20. The van der Waals surface area contributed by atoms with Gasteiger partial charge in [0.25, 0.3) is 11.8 Å². The van der Waals surface area contributed by atoms with E-state index in [1.54, 1.807) is 12.1 Å². The van der Waals surface area contributed by atoms with Crippen LogP contribution in [-0.4, -0.2) is 51.7 Å². The minimum absolute atomic E-state index is 0.0231. The average molecular weight is 488 g/mol. The van der Waals surface area contributed by atoms with Crippen LogP contribution in [0.2, 0.25) is 10.0 Å². The first-order chi connectivity index (χ1) is 15.9. The molecule has 33 heavy (non-hydrogen) atoms. The van der Waals surface area contributed by atoms with E-state index in [1.165, 1.54) is 36.2 Å². The molecule has 0 aliphatic carbocycles. The van der Waals surface area contributed by atoms with Crippen LogP contribution in [0.3, 0.4) is 0 Å². The Morgan fingerprint density at radius 1 is 1.33 bits per heavy atom. The SMILES string of the molecule is COc1cc(C(=O)Nc2c(C#N)cc(Cl)cc2C(=O)NC/C=N/O)n(-c2ncccc2Cl)n1. The maximum atomic E-state index is 13.2. The van der Waals surface area contributed by atoms with Crippen LogP contribution < -0.4 is 15.4 Å². The van der Waals surface area contributed by atoms with Gasteiger partial charge in [-0.2, -0.15) is 5.26 Å². The Hall–Kier alpha value is -4.14. The molecule has 2 amide bonds. The van der Waals surface area contributed by atoms with Crippen LogP contribution in [0.4, 0.5) is 5.69 Å². The fourth-order valence-electron chi connectivity index (χ4n) is 2.78. The molecule has 0 bridgehead atoms. The summed E-state index contributed by atoms with van der Waals surface area (Å²) in [6, 6.07) is 9.03. The van der Waals surface area contributed by atoms with E-state index in [-0.39, 0.29) is 50.8 Å². The lowest BCUT2D eigenvalue weighted by molar-refractivity contribution is 0.0960. The number of halogens is 2. The van der Waals surface area contributed by atoms with E-state index in [4.69, 9.17) is 33.1 Å². The number of amides is 2. The molecule has 0 spiro atoms. The van der Waals surface area contributed by atoms with Gasteiger partial charge >= 0.3 is 0 Å². The molecule has 0 saturated carbocycles. The third kappa shape index (κ3) is 5.20. The first-order valence-electron chi connectivity index (χ1n) is 9.13. The summed E-state index contributed by atoms with van der Waals surface area (Å²) in [5.74, 6) is -1.11. The van der Waals surface area contributed by atoms with Gasteiger partial charge < -0.3 is 20.6 Å². The van der Waals surface area contributed by atoms with Gasteiger partial charge in [-0.1, -0.05) is 23.2 Å². The number of nitrogens with one attached hydrogen (secondary N) is 2. The predicted molar refractivity (Wildman–Crippen MR) is 120 cm³/mol. The lowest BCUT2D eigenvalue weighted by atomic mass is 10.1. The van der Waals surface area contributed by atoms with Crippen LogP contribution in [0, 0.1) is 11.3 Å². The summed E-state index contributed by atoms with van der Waals surface area (Å²) in [5, 5.41) is 30.4. The first kappa shape index (κ1) is 23.5. The Morgan fingerprint density at radius 3 is 2.79 bits per heavy atom. The van der Waals surface area contributed by atoms with Crippen LogP contribution in [0.1, 0.15) is 26.4 Å². The summed E-state index contributed by atoms with van der Waals surface area (Å²) < 4.78 is 6.30. The topological polar surface area (TPSA) is 155 Å². The van der Waals surface area contributed by atoms with Crippen molar-refractivity contribution in [1.82, 2.24) is 20.1 Å². The second-order valence-corrected chi connectivity index (χ2v) is 7.09. The van der Waals surface area contributed by atoms with E-state index in [9.17, 15) is 14.9 Å². The number of hydrogen-bond donors (Lipinski definition) is 3. The van der Waals surface area contributed by atoms with E-state index in [0.717, 1.165) is 6.21 Å². The molecule has 3 N–H and O–H groups in total. The number of ether oxygens (including phenoxy) is 1. The van der Waals surface area contributed by atoms with Gasteiger partial charge in [-0.25, -0.2) is 9.67 Å². The molecule has 0 fully saturated rings. The zero-order chi connectivity index (χ0) is 24.0. The lowest BCUT2D eigenvalue weighted by Gasteiger charge is -2.14. The first-order valence-corrected chi connectivity index (χ1v) is 9.89. The minimum Gasteiger partial charge on any atom is -0.480 e. The number of methoxy groups -OCH3 is 1. The van der Waals surface area contributed by atoms with E-state index in [1.807, 2.05) is 6.07 Å². The van der Waals surface area contributed by atoms with Crippen LogP contribution >= 0.6 is 23.2 Å². The van der Waals surface area contributed by atoms with Crippen molar-refractivity contribution < 1.29 is 19.5 Å². The van der Waals surface area contributed by atoms with Crippen molar-refractivity contribution in [2.24, 2.45) is 5.16 Å². The molecule has 0 atom stereocenters. The number of nitrogens with zero attached hydrogens (tertiary/aromatic N) is 5. The number of carbonyl (C=O) groups excluding carboxylic acids is 2. The van der Waals surface area contributed by atoms with Crippen molar-refractivity contribution in [2.75, 3.05) is 19.0 Å². The molecular formula is C20H15Cl2N7O4. The van der Waals surface area contributed by atoms with Gasteiger partial charge in [0.15, 0.2) is 5.82 Å². The number of pyridine rings is 1. The smallest absolute Gasteiger partial charge is 0.274 e. The molecule has 2 heterocycles. The highest BCUT2D eigenvalue weighted by molar-refractivity contribution is 6.32. The third-order valence-electron chi connectivity index (χ3n) is 4.21. The Balaban J connectivity index is 2.05. The van der Waals surface area contributed by atoms with Gasteiger partial charge in [0.1, 0.15) is 11.8 Å². The molecule has 3 aromatic rings. The van der Waals surface area contributed by atoms with E-state index < -0.39 is 11.8 Å². The summed E-state index contributed by atoms with van der Waals surface area (Å²) in [4.78, 5) is 30.0. The molecular weight excluding hydrogens is 473 g/mol. The molecule has 1 aromatic carbocycles. The predicted octanol–water partition coefficient (Wildman–Crippen LogP) is 2.90. The lowest BCUT2D eigenvalue weighted by Crippen LogP contribution is -2.27. The molecule has 2 aromatic heterocycles. The highest BCUT2D eigenvalue weighted by Gasteiger charge is 2.24. The fraction of sp³-hybridized carbons (Fsp3) is 0.100. The Bertz CT molecular complexity index is 1280. The van der Waals surface area contributed by atoms with E-state index in [2.05, 4.69) is 25.9 Å². The third-order valence-corrected chi connectivity index (χ3v) is 4.72. The number of oxime groups is 1. The molecule has 3 rings (SSSR count). The van der Waals surface area contributed by atoms with E-state index >= 15 is 0 Å². The monoisotopic (exact) mass is 487 g/mol. The molecule has 0 unspecified atom stereocenters. The summed E-state index contributed by atoms with van der Waals surface area (Å²) in [7, 11) is 1.37. The average Bonchev–Trinajstić information content (AvgIpc) is 3.24. The number of hydrogen-bond acceptors (Lipinski definition) is 8. The highest BCUT2D eigenvalue weighted by atomic mass is 35.5. The number of nitriles is 1. The van der Waals surface area contributed by atoms with Crippen molar-refractivity contribution in [3.8, 4) is 17.8 Å². The zero-order valence-corrected chi connectivity index (χ0v) is 18.4. The summed E-state index contributed by atoms with van der Waals surface area (Å²) in [6.07, 6.45) is 2.52. The second-order valence-electron chi connectivity index (χ2n) is 6.24. The van der Waals surface area contributed by atoms with Crippen LogP contribution in [0.5, 0.6) is 5.88 Å². The van der Waals surface area contributed by atoms with Gasteiger partial charge in [0.2, 0.25) is 5.88 Å². The molecule has 11 nitrogen and oxygen atoms in total. The van der Waals surface area contributed by atoms with Gasteiger partial charge in [-0.15, -0.1) is 10.3 Å². The van der Waals surface area contributed by atoms with Gasteiger partial charge in [0.05, 0.1) is 41.7 Å². The Morgan fingerprint density at radius 2 is 2.12 bits per heavy atom. The molecule has 0 radical (unpaired) electrons. The number of anilines is 1. The van der Waals surface area contributed by atoms with Crippen LogP contribution in [0.15, 0.2) is 41.7 Å². The van der Waals surface area contributed by atoms with Crippen molar-refractivity contribution in [3.63, 3.8) is 0 Å². The summed E-state index contributed by atoms with van der Waals surface area (Å²) in [5.41, 5.74) is -0.229. The number of aromatic nitrogens is 3. The molecule has 0 aliphatic rings. The summed E-state index contributed by atoms with van der Waals surface area (Å²) >= 11 is 12.2. The minimum atomic E-state index is -0.725. The molecule has 168 valence electrons. The van der Waals surface area contributed by atoms with Crippen LogP contribution in [0.25, 0.3) is 5.82 Å². The van der Waals surface area contributed by atoms with Gasteiger partial charge in [-0.3, -0.25) is 9.59 Å². The van der Waals surface area contributed by atoms with E-state index in [0.29, 0.717) is 0 Å². The van der Waals surface area contributed by atoms with Crippen LogP contribution in [-0.2, 0) is 0 Å². The number of rotatable bonds is 7. The standard InChI is InChI=1S/C20H15Cl2N7O4/c1-33-16-9-15(29(28-16)18-14(22)3-2-4-24-18)20(31)27-17-11(10-23)7-12(21)8-13(17)19(30)25-5-6-26-32/h2-4,6-9,32H,5H2,1H3,(H,25,30)(H,27,31)/b26-6+. The maximum Gasteiger partial charge on any atom is 0.274 e. The summed E-state index contributed by atoms with van der Waals surface area (Å²) in [6.45, 7) is -0.0980. The highest BCUT2D eigenvalue weighted by Crippen LogP contribution is 2.28. The normalized spacial score (nSPS) is 10.6.